The molecule has 0 aliphatic heterocycles. The zero-order valence-electron chi connectivity index (χ0n) is 15.9. The molecule has 3 N–H and O–H groups in total. The molecular formula is C18H16F3N5O4S. The van der Waals surface area contributed by atoms with Crippen molar-refractivity contribution in [2.45, 2.75) is 18.0 Å². The summed E-state index contributed by atoms with van der Waals surface area (Å²) in [6.07, 6.45) is -4.73. The Labute approximate surface area is 174 Å². The number of ether oxygens (including phenoxy) is 1. The molecule has 2 aromatic carbocycles. The van der Waals surface area contributed by atoms with E-state index < -0.39 is 33.9 Å². The van der Waals surface area contributed by atoms with E-state index in [0.717, 1.165) is 0 Å². The average molecular weight is 455 g/mol. The van der Waals surface area contributed by atoms with Crippen molar-refractivity contribution in [3.05, 3.63) is 59.9 Å². The fraction of sp³-hybridized carbons (Fsp3) is 0.167. The Morgan fingerprint density at radius 1 is 1.10 bits per heavy atom. The van der Waals surface area contributed by atoms with Gasteiger partial charge in [0.05, 0.1) is 11.5 Å². The van der Waals surface area contributed by atoms with Crippen LogP contribution in [0.4, 0.5) is 24.8 Å². The molecule has 0 bridgehead atoms. The standard InChI is InChI=1S/C18H16F3N5O4S/c1-2-30-13-7-5-12(6-8-13)26-31(28,29)14-9-3-11(4-10-14)15(27)22-17-23-16(24-25-17)18(19,20)21/h3-10,26H,2H2,1H3,(H2,22,23,24,25,27). The molecule has 164 valence electrons. The van der Waals surface area contributed by atoms with Crippen molar-refractivity contribution in [2.24, 2.45) is 0 Å². The zero-order valence-corrected chi connectivity index (χ0v) is 16.7. The molecular weight excluding hydrogens is 439 g/mol. The summed E-state index contributed by atoms with van der Waals surface area (Å²) in [5.74, 6) is -2.14. The van der Waals surface area contributed by atoms with Crippen molar-refractivity contribution in [3.8, 4) is 5.75 Å². The Morgan fingerprint density at radius 2 is 1.74 bits per heavy atom. The predicted octanol–water partition coefficient (Wildman–Crippen LogP) is 3.28. The fourth-order valence-electron chi connectivity index (χ4n) is 2.40. The van der Waals surface area contributed by atoms with Crippen LogP contribution in [0.15, 0.2) is 53.4 Å². The number of rotatable bonds is 7. The van der Waals surface area contributed by atoms with Crippen LogP contribution >= 0.6 is 0 Å². The maximum atomic E-state index is 12.5. The number of sulfonamides is 1. The maximum absolute atomic E-state index is 12.5. The van der Waals surface area contributed by atoms with E-state index in [-0.39, 0.29) is 10.5 Å². The molecule has 0 fully saturated rings. The molecule has 1 heterocycles. The topological polar surface area (TPSA) is 126 Å². The van der Waals surface area contributed by atoms with E-state index >= 15 is 0 Å². The molecule has 9 nitrogen and oxygen atoms in total. The molecule has 1 amide bonds. The molecule has 0 aliphatic rings. The first-order valence-electron chi connectivity index (χ1n) is 8.75. The minimum Gasteiger partial charge on any atom is -0.494 e. The van der Waals surface area contributed by atoms with Gasteiger partial charge in [-0.25, -0.2) is 8.42 Å². The van der Waals surface area contributed by atoms with Gasteiger partial charge in [-0.15, -0.1) is 5.10 Å². The van der Waals surface area contributed by atoms with Gasteiger partial charge in [0, 0.05) is 11.3 Å². The van der Waals surface area contributed by atoms with Gasteiger partial charge in [-0.05, 0) is 55.5 Å². The van der Waals surface area contributed by atoms with E-state index in [1.54, 1.807) is 17.2 Å². The number of benzene rings is 2. The van der Waals surface area contributed by atoms with Gasteiger partial charge in [0.15, 0.2) is 0 Å². The number of aromatic amines is 1. The van der Waals surface area contributed by atoms with E-state index in [2.05, 4.69) is 20.1 Å². The first-order chi connectivity index (χ1) is 14.6. The molecule has 0 aliphatic carbocycles. The van der Waals surface area contributed by atoms with Gasteiger partial charge in [-0.3, -0.25) is 19.9 Å². The number of carbonyl (C=O) groups is 1. The third-order valence-corrected chi connectivity index (χ3v) is 5.22. The lowest BCUT2D eigenvalue weighted by Gasteiger charge is -2.10. The van der Waals surface area contributed by atoms with Crippen molar-refractivity contribution >= 4 is 27.6 Å². The number of nitrogens with one attached hydrogen (secondary N) is 3. The second kappa shape index (κ2) is 8.63. The highest BCUT2D eigenvalue weighted by Gasteiger charge is 2.35. The molecule has 0 spiro atoms. The van der Waals surface area contributed by atoms with Crippen LogP contribution < -0.4 is 14.8 Å². The number of halogens is 3. The van der Waals surface area contributed by atoms with Crippen molar-refractivity contribution in [1.29, 1.82) is 0 Å². The number of H-pyrrole nitrogens is 1. The summed E-state index contributed by atoms with van der Waals surface area (Å²) in [7, 11) is -3.93. The van der Waals surface area contributed by atoms with Gasteiger partial charge >= 0.3 is 6.18 Å². The Balaban J connectivity index is 1.68. The van der Waals surface area contributed by atoms with E-state index in [9.17, 15) is 26.4 Å². The highest BCUT2D eigenvalue weighted by Crippen LogP contribution is 2.26. The van der Waals surface area contributed by atoms with Crippen LogP contribution in [0.1, 0.15) is 23.1 Å². The van der Waals surface area contributed by atoms with Gasteiger partial charge in [0.2, 0.25) is 11.8 Å². The van der Waals surface area contributed by atoms with E-state index in [0.29, 0.717) is 18.0 Å². The van der Waals surface area contributed by atoms with Gasteiger partial charge < -0.3 is 4.74 Å². The molecule has 0 saturated carbocycles. The first-order valence-corrected chi connectivity index (χ1v) is 10.2. The van der Waals surface area contributed by atoms with Crippen molar-refractivity contribution < 1.29 is 31.1 Å². The summed E-state index contributed by atoms with van der Waals surface area (Å²) >= 11 is 0. The van der Waals surface area contributed by atoms with Crippen LogP contribution in [0.2, 0.25) is 0 Å². The minimum absolute atomic E-state index is 0.00150. The van der Waals surface area contributed by atoms with Crippen molar-refractivity contribution in [2.75, 3.05) is 16.6 Å². The third kappa shape index (κ3) is 5.51. The smallest absolute Gasteiger partial charge is 0.451 e. The van der Waals surface area contributed by atoms with Crippen LogP contribution in [0.25, 0.3) is 0 Å². The molecule has 0 saturated heterocycles. The second-order valence-corrected chi connectivity index (χ2v) is 7.73. The Morgan fingerprint density at radius 3 is 2.29 bits per heavy atom. The van der Waals surface area contributed by atoms with Gasteiger partial charge in [0.1, 0.15) is 5.75 Å². The number of alkyl halides is 3. The lowest BCUT2D eigenvalue weighted by molar-refractivity contribution is -0.144. The first kappa shape index (κ1) is 22.1. The fourth-order valence-corrected chi connectivity index (χ4v) is 3.46. The number of carbonyl (C=O) groups excluding carboxylic acids is 1. The Kier molecular flexibility index (Phi) is 6.15. The highest BCUT2D eigenvalue weighted by molar-refractivity contribution is 7.92. The molecule has 0 atom stereocenters. The van der Waals surface area contributed by atoms with Gasteiger partial charge in [-0.1, -0.05) is 0 Å². The SMILES string of the molecule is CCOc1ccc(NS(=O)(=O)c2ccc(C(=O)Nc3n[nH]c(C(F)(F)F)n3)cc2)cc1. The monoisotopic (exact) mass is 455 g/mol. The zero-order chi connectivity index (χ0) is 22.6. The molecule has 0 radical (unpaired) electrons. The minimum atomic E-state index is -4.73. The molecule has 3 aromatic rings. The summed E-state index contributed by atoms with van der Waals surface area (Å²) in [5, 5.41) is 7.03. The molecule has 1 aromatic heterocycles. The van der Waals surface area contributed by atoms with Crippen LogP contribution in [0.5, 0.6) is 5.75 Å². The summed E-state index contributed by atoms with van der Waals surface area (Å²) < 4.78 is 70.2. The maximum Gasteiger partial charge on any atom is 0.451 e. The molecule has 13 heteroatoms. The van der Waals surface area contributed by atoms with E-state index in [1.807, 2.05) is 6.92 Å². The van der Waals surface area contributed by atoms with E-state index in [1.165, 1.54) is 36.4 Å². The summed E-state index contributed by atoms with van der Waals surface area (Å²) in [4.78, 5) is 15.2. The number of anilines is 2. The Hall–Kier alpha value is -3.61. The number of aromatic nitrogens is 3. The second-order valence-electron chi connectivity index (χ2n) is 6.05. The highest BCUT2D eigenvalue weighted by atomic mass is 32.2. The summed E-state index contributed by atoms with van der Waals surface area (Å²) in [5.41, 5.74) is 0.314. The van der Waals surface area contributed by atoms with Crippen LogP contribution in [-0.4, -0.2) is 36.1 Å². The van der Waals surface area contributed by atoms with Gasteiger partial charge in [-0.2, -0.15) is 18.2 Å². The quantitative estimate of drug-likeness (QED) is 0.502. The number of hydrogen-bond acceptors (Lipinski definition) is 6. The third-order valence-electron chi connectivity index (χ3n) is 3.82. The predicted molar refractivity (Wildman–Crippen MR) is 104 cm³/mol. The van der Waals surface area contributed by atoms with Gasteiger partial charge in [0.25, 0.3) is 15.9 Å². The summed E-state index contributed by atoms with van der Waals surface area (Å²) in [6, 6.07) is 11.1. The molecule has 3 rings (SSSR count). The summed E-state index contributed by atoms with van der Waals surface area (Å²) in [6.45, 7) is 2.30. The largest absolute Gasteiger partial charge is 0.494 e. The van der Waals surface area contributed by atoms with Crippen LogP contribution in [-0.2, 0) is 16.2 Å². The normalized spacial score (nSPS) is 11.7. The van der Waals surface area contributed by atoms with Crippen LogP contribution in [0.3, 0.4) is 0 Å². The van der Waals surface area contributed by atoms with Crippen LogP contribution in [0, 0.1) is 0 Å². The molecule has 31 heavy (non-hydrogen) atoms. The molecule has 0 unspecified atom stereocenters. The lowest BCUT2D eigenvalue weighted by Crippen LogP contribution is -2.15. The lowest BCUT2D eigenvalue weighted by atomic mass is 10.2. The Bertz CT molecular complexity index is 1160. The van der Waals surface area contributed by atoms with Crippen molar-refractivity contribution in [1.82, 2.24) is 15.2 Å². The number of nitrogens with zero attached hydrogens (tertiary/aromatic N) is 2. The number of amides is 1. The average Bonchev–Trinajstić information content (AvgIpc) is 3.19. The number of hydrogen-bond donors (Lipinski definition) is 3. The van der Waals surface area contributed by atoms with Crippen molar-refractivity contribution in [3.63, 3.8) is 0 Å². The van der Waals surface area contributed by atoms with E-state index in [4.69, 9.17) is 4.74 Å².